The predicted molar refractivity (Wildman–Crippen MR) is 134 cm³/mol. The van der Waals surface area contributed by atoms with Gasteiger partial charge in [0.1, 0.15) is 97.7 Å². The van der Waals surface area contributed by atoms with Gasteiger partial charge in [0, 0.05) is 0 Å². The smallest absolute Gasteiger partial charge is 0.187 e. The Kier molecular flexibility index (Phi) is 12.8. The molecular weight excluding hydrogens is 624 g/mol. The summed E-state index contributed by atoms with van der Waals surface area (Å²) in [5.41, 5.74) is 0. The molecule has 264 valence electrons. The van der Waals surface area contributed by atoms with Crippen molar-refractivity contribution in [2.45, 2.75) is 123 Å². The van der Waals surface area contributed by atoms with E-state index in [2.05, 4.69) is 0 Å². The van der Waals surface area contributed by atoms with Gasteiger partial charge in [0.15, 0.2) is 25.2 Å². The molecule has 0 aliphatic carbocycles. The lowest BCUT2D eigenvalue weighted by molar-refractivity contribution is -0.394. The molecule has 4 aliphatic rings. The molecule has 20 atom stereocenters. The summed E-state index contributed by atoms with van der Waals surface area (Å²) in [6, 6.07) is 0. The molecule has 21 nitrogen and oxygen atoms in total. The molecule has 0 saturated carbocycles. The van der Waals surface area contributed by atoms with Crippen molar-refractivity contribution in [3.8, 4) is 0 Å². The van der Waals surface area contributed by atoms with Crippen LogP contribution < -0.4 is 0 Å². The highest BCUT2D eigenvalue weighted by atomic mass is 16.8. The normalized spacial score (nSPS) is 52.9. The Morgan fingerprint density at radius 3 is 1.33 bits per heavy atom. The second-order valence-electron chi connectivity index (χ2n) is 11.2. The summed E-state index contributed by atoms with van der Waals surface area (Å²) in [4.78, 5) is 0. The Balaban J connectivity index is 1.55. The number of aliphatic hydroxyl groups is 14. The van der Waals surface area contributed by atoms with Gasteiger partial charge in [-0.25, -0.2) is 0 Å². The minimum Gasteiger partial charge on any atom is -0.394 e. The van der Waals surface area contributed by atoms with Gasteiger partial charge in [-0.2, -0.15) is 0 Å². The summed E-state index contributed by atoms with van der Waals surface area (Å²) in [5.74, 6) is 0. The van der Waals surface area contributed by atoms with Crippen molar-refractivity contribution < 1.29 is 105 Å². The Labute approximate surface area is 254 Å². The number of rotatable bonds is 10. The average molecular weight is 667 g/mol. The number of hydrogen-bond acceptors (Lipinski definition) is 21. The van der Waals surface area contributed by atoms with E-state index in [1.54, 1.807) is 0 Å². The summed E-state index contributed by atoms with van der Waals surface area (Å²) in [6.07, 6.45) is -35.9. The minimum absolute atomic E-state index is 0.741. The second-order valence-corrected chi connectivity index (χ2v) is 11.2. The third-order valence-electron chi connectivity index (χ3n) is 8.19. The molecular formula is C24H42O21. The lowest BCUT2D eigenvalue weighted by atomic mass is 9.96. The van der Waals surface area contributed by atoms with Crippen LogP contribution in [0.1, 0.15) is 0 Å². The molecule has 0 unspecified atom stereocenters. The first-order valence-electron chi connectivity index (χ1n) is 14.1. The van der Waals surface area contributed by atoms with E-state index in [0.29, 0.717) is 0 Å². The molecule has 0 aromatic carbocycles. The number of aliphatic hydroxyl groups excluding tert-OH is 14. The predicted octanol–water partition coefficient (Wildman–Crippen LogP) is -9.75. The van der Waals surface area contributed by atoms with Crippen LogP contribution in [0, 0.1) is 0 Å². The molecule has 0 aromatic rings. The van der Waals surface area contributed by atoms with E-state index in [-0.39, 0.29) is 0 Å². The maximum atomic E-state index is 11.1. The minimum atomic E-state index is -2.05. The van der Waals surface area contributed by atoms with Crippen molar-refractivity contribution in [3.63, 3.8) is 0 Å². The monoisotopic (exact) mass is 666 g/mol. The summed E-state index contributed by atoms with van der Waals surface area (Å²) in [5, 5.41) is 142. The quantitative estimate of drug-likeness (QED) is 0.103. The molecule has 0 amide bonds. The Hall–Kier alpha value is -0.840. The van der Waals surface area contributed by atoms with Crippen LogP contribution in [0.2, 0.25) is 0 Å². The van der Waals surface area contributed by atoms with Crippen LogP contribution in [0.25, 0.3) is 0 Å². The molecule has 21 heteroatoms. The van der Waals surface area contributed by atoms with Crippen LogP contribution in [-0.2, 0) is 33.2 Å². The van der Waals surface area contributed by atoms with E-state index >= 15 is 0 Å². The highest BCUT2D eigenvalue weighted by molar-refractivity contribution is 4.96. The molecule has 0 bridgehead atoms. The van der Waals surface area contributed by atoms with Crippen molar-refractivity contribution in [3.05, 3.63) is 0 Å². The van der Waals surface area contributed by atoms with Crippen LogP contribution in [0.3, 0.4) is 0 Å². The lowest BCUT2D eigenvalue weighted by Gasteiger charge is -2.48. The van der Waals surface area contributed by atoms with Gasteiger partial charge in [-0.3, -0.25) is 0 Å². The zero-order valence-electron chi connectivity index (χ0n) is 23.5. The number of ether oxygens (including phenoxy) is 7. The van der Waals surface area contributed by atoms with E-state index in [1.807, 2.05) is 0 Å². The molecule has 4 rings (SSSR count). The van der Waals surface area contributed by atoms with E-state index in [9.17, 15) is 71.5 Å². The number of hydrogen-bond donors (Lipinski definition) is 14. The Bertz CT molecular complexity index is 912. The van der Waals surface area contributed by atoms with Crippen molar-refractivity contribution in [2.75, 3.05) is 26.4 Å². The van der Waals surface area contributed by atoms with Crippen molar-refractivity contribution in [1.82, 2.24) is 0 Å². The van der Waals surface area contributed by atoms with Crippen molar-refractivity contribution >= 4 is 0 Å². The van der Waals surface area contributed by atoms with Gasteiger partial charge < -0.3 is 105 Å². The van der Waals surface area contributed by atoms with Crippen LogP contribution in [0.5, 0.6) is 0 Å². The van der Waals surface area contributed by atoms with Gasteiger partial charge in [0.05, 0.1) is 26.4 Å². The molecule has 4 heterocycles. The maximum absolute atomic E-state index is 11.1. The highest BCUT2D eigenvalue weighted by Gasteiger charge is 2.54. The van der Waals surface area contributed by atoms with Gasteiger partial charge in [-0.1, -0.05) is 0 Å². The first kappa shape index (κ1) is 37.0. The summed E-state index contributed by atoms with van der Waals surface area (Å²) < 4.78 is 37.8. The molecule has 0 radical (unpaired) electrons. The molecule has 14 N–H and O–H groups in total. The highest BCUT2D eigenvalue weighted by Crippen LogP contribution is 2.33. The first-order valence-corrected chi connectivity index (χ1v) is 14.1. The standard InChI is InChI=1S/C24H42O21/c25-1-5-11(30)15(34)19(21(38)40-5)44-24-20(45-23-18(37)14(33)10(29)7(3-27)42-23)16(35)12(31)8(43-24)4-39-22-17(36)13(32)9(28)6(2-26)41-22/h5-38H,1-4H2/t5-,6-,7-,8-,9-,10-,11-,12-,13+,14+,15+,16+,17-,18-,19-,20-,21-,22-,23+,24+/m1/s1. The molecule has 4 fully saturated rings. The van der Waals surface area contributed by atoms with E-state index in [0.717, 1.165) is 0 Å². The molecule has 0 spiro atoms. The van der Waals surface area contributed by atoms with Gasteiger partial charge in [0.2, 0.25) is 0 Å². The van der Waals surface area contributed by atoms with Crippen LogP contribution >= 0.6 is 0 Å². The summed E-state index contributed by atoms with van der Waals surface area (Å²) in [7, 11) is 0. The largest absolute Gasteiger partial charge is 0.394 e. The molecule has 4 saturated heterocycles. The molecule has 4 aliphatic heterocycles. The zero-order valence-corrected chi connectivity index (χ0v) is 23.5. The van der Waals surface area contributed by atoms with Gasteiger partial charge >= 0.3 is 0 Å². The maximum Gasteiger partial charge on any atom is 0.187 e. The topological polar surface area (TPSA) is 348 Å². The van der Waals surface area contributed by atoms with Crippen LogP contribution in [-0.4, -0.2) is 221 Å². The summed E-state index contributed by atoms with van der Waals surface area (Å²) >= 11 is 0. The average Bonchev–Trinajstić information content (AvgIpc) is 3.03. The summed E-state index contributed by atoms with van der Waals surface area (Å²) in [6.45, 7) is -3.14. The van der Waals surface area contributed by atoms with Gasteiger partial charge in [-0.05, 0) is 0 Å². The van der Waals surface area contributed by atoms with E-state index < -0.39 is 149 Å². The zero-order chi connectivity index (χ0) is 33.3. The molecule has 45 heavy (non-hydrogen) atoms. The fraction of sp³-hybridized carbons (Fsp3) is 1.00. The van der Waals surface area contributed by atoms with Gasteiger partial charge in [0.25, 0.3) is 0 Å². The lowest BCUT2D eigenvalue weighted by Crippen LogP contribution is -2.67. The van der Waals surface area contributed by atoms with Gasteiger partial charge in [-0.15, -0.1) is 0 Å². The van der Waals surface area contributed by atoms with E-state index in [4.69, 9.17) is 33.2 Å². The first-order chi connectivity index (χ1) is 21.2. The SMILES string of the molecule is OC[C@H]1O[C@@H](OC[C@H]2O[C@@H](O[C@@H]3[C@@H](O)[C@H](O)[C@@H](CO)O[C@H]3O)[C@H](O[C@@H]3O[C@H](CO)[C@@H](O)[C@H](O)[C@H]3O)[C@@H](O)[C@@H]2O)[C@H](O)[C@@H](O)[C@@H]1O. The third-order valence-corrected chi connectivity index (χ3v) is 8.19. The van der Waals surface area contributed by atoms with Crippen molar-refractivity contribution in [1.29, 1.82) is 0 Å². The Morgan fingerprint density at radius 2 is 0.778 bits per heavy atom. The second kappa shape index (κ2) is 15.6. The van der Waals surface area contributed by atoms with Crippen molar-refractivity contribution in [2.24, 2.45) is 0 Å². The van der Waals surface area contributed by atoms with Crippen LogP contribution in [0.4, 0.5) is 0 Å². The fourth-order valence-corrected chi connectivity index (χ4v) is 5.40. The molecule has 0 aromatic heterocycles. The van der Waals surface area contributed by atoms with Crippen LogP contribution in [0.15, 0.2) is 0 Å². The Morgan fingerprint density at radius 1 is 0.378 bits per heavy atom. The third kappa shape index (κ3) is 7.59. The fourth-order valence-electron chi connectivity index (χ4n) is 5.40. The van der Waals surface area contributed by atoms with E-state index in [1.165, 1.54) is 0 Å².